The van der Waals surface area contributed by atoms with E-state index in [1.54, 1.807) is 12.1 Å². The predicted octanol–water partition coefficient (Wildman–Crippen LogP) is 5.52. The number of hydrogen-bond acceptors (Lipinski definition) is 4. The van der Waals surface area contributed by atoms with Gasteiger partial charge in [0.05, 0.1) is 12.5 Å². The summed E-state index contributed by atoms with van der Waals surface area (Å²) in [6, 6.07) is 30.3. The minimum atomic E-state index is -0.740. The molecule has 0 bridgehead atoms. The van der Waals surface area contributed by atoms with Crippen LogP contribution in [0.25, 0.3) is 21.9 Å². The summed E-state index contributed by atoms with van der Waals surface area (Å²) in [7, 11) is 0. The minimum Gasteiger partial charge on any atom is -0.434 e. The number of carbonyl (C=O) groups is 2. The van der Waals surface area contributed by atoms with E-state index in [9.17, 15) is 9.59 Å². The van der Waals surface area contributed by atoms with Gasteiger partial charge in [-0.1, -0.05) is 84.9 Å². The zero-order valence-corrected chi connectivity index (χ0v) is 18.6. The molecule has 34 heavy (non-hydrogen) atoms. The number of Topliss-reactive ketones (excluding diaryl/α,β-unsaturated/α-hetero) is 1. The van der Waals surface area contributed by atoms with Gasteiger partial charge in [0.1, 0.15) is 5.52 Å². The average Bonchev–Trinajstić information content (AvgIpc) is 3.31. The van der Waals surface area contributed by atoms with Crippen molar-refractivity contribution in [1.82, 2.24) is 10.3 Å². The first-order chi connectivity index (χ1) is 16.7. The fourth-order valence-electron chi connectivity index (χ4n) is 4.22. The lowest BCUT2D eigenvalue weighted by atomic mass is 10.00. The number of amides is 1. The second-order valence-electron chi connectivity index (χ2n) is 8.31. The number of nitrogens with zero attached hydrogens (tertiary/aromatic N) is 1. The van der Waals surface area contributed by atoms with Crippen LogP contribution >= 0.6 is 0 Å². The van der Waals surface area contributed by atoms with Crippen LogP contribution in [0.3, 0.4) is 0 Å². The molecule has 5 rings (SSSR count). The molecule has 0 aliphatic carbocycles. The summed E-state index contributed by atoms with van der Waals surface area (Å²) < 4.78 is 5.71. The van der Waals surface area contributed by atoms with Crippen LogP contribution in [0.2, 0.25) is 0 Å². The summed E-state index contributed by atoms with van der Waals surface area (Å²) in [6.45, 7) is 0. The molecule has 0 fully saturated rings. The van der Waals surface area contributed by atoms with E-state index in [-0.39, 0.29) is 24.0 Å². The number of para-hydroxylation sites is 2. The summed E-state index contributed by atoms with van der Waals surface area (Å²) in [6.07, 6.45) is 1.28. The number of aryl methyl sites for hydroxylation is 1. The van der Waals surface area contributed by atoms with Crippen LogP contribution in [0.5, 0.6) is 0 Å². The zero-order chi connectivity index (χ0) is 23.3. The summed E-state index contributed by atoms with van der Waals surface area (Å²) in [5.41, 5.74) is 3.19. The quantitative estimate of drug-likeness (QED) is 0.317. The van der Waals surface area contributed by atoms with Crippen molar-refractivity contribution in [1.29, 1.82) is 0 Å². The third-order valence-corrected chi connectivity index (χ3v) is 5.95. The lowest BCUT2D eigenvalue weighted by Gasteiger charge is -2.17. The molecule has 0 saturated carbocycles. The highest BCUT2D eigenvalue weighted by Gasteiger charge is 2.26. The third kappa shape index (κ3) is 4.74. The Kier molecular flexibility index (Phi) is 6.17. The number of benzene rings is 4. The highest BCUT2D eigenvalue weighted by molar-refractivity contribution is 6.00. The normalized spacial score (nSPS) is 12.0. The maximum Gasteiger partial charge on any atom is 0.266 e. The van der Waals surface area contributed by atoms with E-state index >= 15 is 0 Å². The van der Waals surface area contributed by atoms with Gasteiger partial charge in [0.15, 0.2) is 5.58 Å². The number of fused-ring (bicyclic) bond motifs is 2. The monoisotopic (exact) mass is 448 g/mol. The molecule has 1 N–H and O–H groups in total. The molecule has 1 unspecified atom stereocenters. The summed E-state index contributed by atoms with van der Waals surface area (Å²) >= 11 is 0. The van der Waals surface area contributed by atoms with Crippen molar-refractivity contribution >= 4 is 33.6 Å². The van der Waals surface area contributed by atoms with Gasteiger partial charge in [-0.3, -0.25) is 9.59 Å². The molecule has 1 aromatic heterocycles. The van der Waals surface area contributed by atoms with Crippen molar-refractivity contribution < 1.29 is 14.0 Å². The molecule has 0 spiro atoms. The second kappa shape index (κ2) is 9.71. The van der Waals surface area contributed by atoms with Crippen molar-refractivity contribution in [2.24, 2.45) is 0 Å². The minimum absolute atomic E-state index is 0.0183. The summed E-state index contributed by atoms with van der Waals surface area (Å²) in [4.78, 5) is 30.8. The first kappa shape index (κ1) is 21.6. The lowest BCUT2D eigenvalue weighted by Crippen LogP contribution is -2.42. The fourth-order valence-corrected chi connectivity index (χ4v) is 4.22. The number of nitrogens with one attached hydrogen (secondary N) is 1. The molecule has 0 aliphatic heterocycles. The molecule has 5 nitrogen and oxygen atoms in total. The van der Waals surface area contributed by atoms with Crippen molar-refractivity contribution in [3.05, 3.63) is 114 Å². The van der Waals surface area contributed by atoms with E-state index < -0.39 is 6.04 Å². The van der Waals surface area contributed by atoms with Crippen molar-refractivity contribution in [3.63, 3.8) is 0 Å². The maximum absolute atomic E-state index is 13.4. The largest absolute Gasteiger partial charge is 0.434 e. The Morgan fingerprint density at radius 3 is 2.41 bits per heavy atom. The van der Waals surface area contributed by atoms with Gasteiger partial charge in [-0.25, -0.2) is 4.98 Å². The molecule has 1 heterocycles. The number of oxazole rings is 1. The smallest absolute Gasteiger partial charge is 0.266 e. The van der Waals surface area contributed by atoms with E-state index in [1.165, 1.54) is 0 Å². The van der Waals surface area contributed by atoms with E-state index in [4.69, 9.17) is 4.42 Å². The fraction of sp³-hybridized carbons (Fsp3) is 0.138. The molecule has 0 saturated heterocycles. The molecule has 1 amide bonds. The highest BCUT2D eigenvalue weighted by atomic mass is 16.4. The average molecular weight is 449 g/mol. The Labute approximate surface area is 197 Å². The van der Waals surface area contributed by atoms with Crippen LogP contribution in [0.15, 0.2) is 101 Å². The molecule has 0 radical (unpaired) electrons. The number of ketones is 1. The predicted molar refractivity (Wildman–Crippen MR) is 133 cm³/mol. The third-order valence-electron chi connectivity index (χ3n) is 5.95. The first-order valence-electron chi connectivity index (χ1n) is 11.4. The maximum atomic E-state index is 13.4. The van der Waals surface area contributed by atoms with Gasteiger partial charge in [-0.05, 0) is 46.9 Å². The van der Waals surface area contributed by atoms with Gasteiger partial charge in [-0.2, -0.15) is 0 Å². The van der Waals surface area contributed by atoms with Gasteiger partial charge < -0.3 is 9.73 Å². The zero-order valence-electron chi connectivity index (χ0n) is 18.6. The van der Waals surface area contributed by atoms with Gasteiger partial charge >= 0.3 is 0 Å². The van der Waals surface area contributed by atoms with Crippen LogP contribution in [-0.2, 0) is 17.6 Å². The molecular formula is C29H24N2O3. The lowest BCUT2D eigenvalue weighted by molar-refractivity contribution is -0.120. The topological polar surface area (TPSA) is 72.2 Å². The van der Waals surface area contributed by atoms with Crippen LogP contribution in [0.4, 0.5) is 0 Å². The molecule has 0 aliphatic rings. The van der Waals surface area contributed by atoms with E-state index in [0.29, 0.717) is 23.9 Å². The standard InChI is InChI=1S/C29H24N2O3/c32-27(19-22-13-8-12-21-11-4-5-14-23(21)22)30-25(18-17-20-9-2-1-3-10-20)28(33)29-31-24-15-6-7-16-26(24)34-29/h1-16,25H,17-19H2,(H,30,32). The van der Waals surface area contributed by atoms with Crippen molar-refractivity contribution in [2.75, 3.05) is 0 Å². The molecule has 5 heteroatoms. The van der Waals surface area contributed by atoms with E-state index in [1.807, 2.05) is 84.9 Å². The SMILES string of the molecule is O=C(Cc1cccc2ccccc12)NC(CCc1ccccc1)C(=O)c1nc2ccccc2o1. The van der Waals surface area contributed by atoms with Crippen LogP contribution in [0, 0.1) is 0 Å². The Morgan fingerprint density at radius 1 is 0.824 bits per heavy atom. The number of hydrogen-bond donors (Lipinski definition) is 1. The van der Waals surface area contributed by atoms with Crippen LogP contribution < -0.4 is 5.32 Å². The summed E-state index contributed by atoms with van der Waals surface area (Å²) in [5.74, 6) is -0.512. The molecule has 1 atom stereocenters. The molecule has 5 aromatic rings. The Morgan fingerprint density at radius 2 is 1.56 bits per heavy atom. The Balaban J connectivity index is 1.37. The van der Waals surface area contributed by atoms with Gasteiger partial charge in [0.2, 0.25) is 11.7 Å². The first-order valence-corrected chi connectivity index (χ1v) is 11.4. The van der Waals surface area contributed by atoms with Crippen LogP contribution in [0.1, 0.15) is 28.2 Å². The van der Waals surface area contributed by atoms with Crippen LogP contribution in [-0.4, -0.2) is 22.7 Å². The van der Waals surface area contributed by atoms with E-state index in [0.717, 1.165) is 21.9 Å². The number of rotatable bonds is 8. The van der Waals surface area contributed by atoms with Crippen molar-refractivity contribution in [3.8, 4) is 0 Å². The van der Waals surface area contributed by atoms with Gasteiger partial charge in [0.25, 0.3) is 5.89 Å². The van der Waals surface area contributed by atoms with Crippen molar-refractivity contribution in [2.45, 2.75) is 25.3 Å². The van der Waals surface area contributed by atoms with Gasteiger partial charge in [-0.15, -0.1) is 0 Å². The Bertz CT molecular complexity index is 1420. The summed E-state index contributed by atoms with van der Waals surface area (Å²) in [5, 5.41) is 5.07. The molecular weight excluding hydrogens is 424 g/mol. The highest BCUT2D eigenvalue weighted by Crippen LogP contribution is 2.20. The van der Waals surface area contributed by atoms with Gasteiger partial charge in [0, 0.05) is 0 Å². The second-order valence-corrected chi connectivity index (χ2v) is 8.31. The molecule has 168 valence electrons. The van der Waals surface area contributed by atoms with E-state index in [2.05, 4.69) is 10.3 Å². The Hall–Kier alpha value is -4.25. The number of aromatic nitrogens is 1. The number of carbonyl (C=O) groups excluding carboxylic acids is 2. The molecule has 4 aromatic carbocycles.